The average molecular weight is 403 g/mol. The molecule has 0 aliphatic carbocycles. The number of hydrazone groups is 1. The van der Waals surface area contributed by atoms with Gasteiger partial charge >= 0.3 is 0 Å². The molecule has 0 fully saturated rings. The second-order valence-electron chi connectivity index (χ2n) is 5.59. The lowest BCUT2D eigenvalue weighted by Crippen LogP contribution is -2.18. The van der Waals surface area contributed by atoms with Crippen LogP contribution in [0.25, 0.3) is 10.8 Å². The quantitative estimate of drug-likeness (QED) is 0.486. The lowest BCUT2D eigenvalue weighted by molar-refractivity contribution is 0.0955. The molecular formula is C20H16Cl2N2O3. The van der Waals surface area contributed by atoms with Crippen molar-refractivity contribution in [1.82, 2.24) is 5.43 Å². The number of rotatable bonds is 5. The number of hydrogen-bond donors (Lipinski definition) is 1. The van der Waals surface area contributed by atoms with Gasteiger partial charge in [-0.05, 0) is 47.2 Å². The van der Waals surface area contributed by atoms with Crippen LogP contribution in [0.3, 0.4) is 0 Å². The van der Waals surface area contributed by atoms with Crippen LogP contribution in [0.15, 0.2) is 53.6 Å². The van der Waals surface area contributed by atoms with Gasteiger partial charge in [0, 0.05) is 10.6 Å². The van der Waals surface area contributed by atoms with Crippen molar-refractivity contribution in [2.75, 3.05) is 14.2 Å². The van der Waals surface area contributed by atoms with Crippen molar-refractivity contribution in [2.24, 2.45) is 5.10 Å². The van der Waals surface area contributed by atoms with Crippen LogP contribution in [0.4, 0.5) is 0 Å². The van der Waals surface area contributed by atoms with E-state index in [1.807, 2.05) is 30.3 Å². The normalized spacial score (nSPS) is 11.0. The summed E-state index contributed by atoms with van der Waals surface area (Å²) in [6.07, 6.45) is 1.53. The summed E-state index contributed by atoms with van der Waals surface area (Å²) in [5.41, 5.74) is 3.47. The fraction of sp³-hybridized carbons (Fsp3) is 0.100. The average Bonchev–Trinajstić information content (AvgIpc) is 2.67. The van der Waals surface area contributed by atoms with Gasteiger partial charge in [0.1, 0.15) is 11.5 Å². The molecule has 0 saturated heterocycles. The summed E-state index contributed by atoms with van der Waals surface area (Å²) in [7, 11) is 3.18. The van der Waals surface area contributed by atoms with Crippen molar-refractivity contribution < 1.29 is 14.3 Å². The van der Waals surface area contributed by atoms with Gasteiger partial charge in [-0.25, -0.2) is 5.43 Å². The Hall–Kier alpha value is -2.76. The molecule has 0 heterocycles. The number of methoxy groups -OCH3 is 2. The molecule has 0 spiro atoms. The summed E-state index contributed by atoms with van der Waals surface area (Å²) >= 11 is 11.9. The molecule has 0 aliphatic rings. The molecule has 138 valence electrons. The van der Waals surface area contributed by atoms with Gasteiger partial charge in [0.05, 0.1) is 31.0 Å². The number of amides is 1. The number of fused-ring (bicyclic) bond motifs is 1. The maximum absolute atomic E-state index is 12.3. The van der Waals surface area contributed by atoms with Gasteiger partial charge in [0.2, 0.25) is 0 Å². The standard InChI is InChI=1S/C20H16Cl2N2O3/c1-26-14-6-3-12-4-8-19(27-2)17(16(12)10-14)11-23-24-20(25)15-7-5-13(21)9-18(15)22/h3-11H,1-2H3,(H,24,25)/b23-11-. The van der Waals surface area contributed by atoms with E-state index in [4.69, 9.17) is 32.7 Å². The van der Waals surface area contributed by atoms with Gasteiger partial charge in [-0.1, -0.05) is 35.3 Å². The molecule has 3 aromatic rings. The molecule has 27 heavy (non-hydrogen) atoms. The first-order valence-electron chi connectivity index (χ1n) is 7.96. The molecule has 0 atom stereocenters. The van der Waals surface area contributed by atoms with Crippen molar-refractivity contribution >= 4 is 46.1 Å². The molecular weight excluding hydrogens is 387 g/mol. The van der Waals surface area contributed by atoms with Gasteiger partial charge in [-0.2, -0.15) is 5.10 Å². The summed E-state index contributed by atoms with van der Waals surface area (Å²) in [4.78, 5) is 12.3. The number of benzene rings is 3. The number of ether oxygens (including phenoxy) is 2. The third kappa shape index (κ3) is 4.15. The molecule has 3 rings (SSSR count). The Kier molecular flexibility index (Phi) is 5.84. The lowest BCUT2D eigenvalue weighted by atomic mass is 10.0. The van der Waals surface area contributed by atoms with Crippen LogP contribution in [0, 0.1) is 0 Å². The molecule has 0 radical (unpaired) electrons. The molecule has 1 amide bonds. The Morgan fingerprint density at radius 2 is 1.81 bits per heavy atom. The Balaban J connectivity index is 1.91. The number of hydrogen-bond acceptors (Lipinski definition) is 4. The van der Waals surface area contributed by atoms with Crippen molar-refractivity contribution in [3.05, 3.63) is 69.7 Å². The monoisotopic (exact) mass is 402 g/mol. The summed E-state index contributed by atoms with van der Waals surface area (Å²) in [5.74, 6) is 0.894. The molecule has 3 aromatic carbocycles. The predicted octanol–water partition coefficient (Wildman–Crippen LogP) is 4.93. The van der Waals surface area contributed by atoms with Crippen LogP contribution in [0.2, 0.25) is 10.0 Å². The number of carbonyl (C=O) groups excluding carboxylic acids is 1. The number of nitrogens with zero attached hydrogens (tertiary/aromatic N) is 1. The first-order valence-corrected chi connectivity index (χ1v) is 8.72. The first-order chi connectivity index (χ1) is 13.0. The molecule has 7 heteroatoms. The highest BCUT2D eigenvalue weighted by molar-refractivity contribution is 6.36. The van der Waals surface area contributed by atoms with E-state index in [9.17, 15) is 4.79 Å². The van der Waals surface area contributed by atoms with Crippen LogP contribution in [0.5, 0.6) is 11.5 Å². The van der Waals surface area contributed by atoms with Gasteiger partial charge in [-0.15, -0.1) is 0 Å². The van der Waals surface area contributed by atoms with Gasteiger partial charge < -0.3 is 9.47 Å². The molecule has 1 N–H and O–H groups in total. The van der Waals surface area contributed by atoms with E-state index in [0.29, 0.717) is 16.5 Å². The van der Waals surface area contributed by atoms with E-state index in [1.54, 1.807) is 26.4 Å². The van der Waals surface area contributed by atoms with Crippen LogP contribution in [0.1, 0.15) is 15.9 Å². The minimum absolute atomic E-state index is 0.252. The van der Waals surface area contributed by atoms with Crippen LogP contribution >= 0.6 is 23.2 Å². The van der Waals surface area contributed by atoms with E-state index in [2.05, 4.69) is 10.5 Å². The summed E-state index contributed by atoms with van der Waals surface area (Å²) in [6.45, 7) is 0. The van der Waals surface area contributed by atoms with Crippen LogP contribution < -0.4 is 14.9 Å². The first kappa shape index (κ1) is 19.0. The lowest BCUT2D eigenvalue weighted by Gasteiger charge is -2.10. The summed E-state index contributed by atoms with van der Waals surface area (Å²) in [6, 6.07) is 14.1. The number of carbonyl (C=O) groups is 1. The zero-order valence-electron chi connectivity index (χ0n) is 14.6. The highest BCUT2D eigenvalue weighted by Gasteiger charge is 2.11. The second kappa shape index (κ2) is 8.29. The highest BCUT2D eigenvalue weighted by Crippen LogP contribution is 2.29. The maximum Gasteiger partial charge on any atom is 0.272 e. The maximum atomic E-state index is 12.3. The Labute approximate surface area is 166 Å². The molecule has 0 unspecified atom stereocenters. The van der Waals surface area contributed by atoms with Crippen molar-refractivity contribution in [2.45, 2.75) is 0 Å². The van der Waals surface area contributed by atoms with Crippen molar-refractivity contribution in [1.29, 1.82) is 0 Å². The molecule has 5 nitrogen and oxygen atoms in total. The minimum Gasteiger partial charge on any atom is -0.497 e. The van der Waals surface area contributed by atoms with E-state index in [0.717, 1.165) is 16.3 Å². The van der Waals surface area contributed by atoms with Gasteiger partial charge in [-0.3, -0.25) is 4.79 Å². The van der Waals surface area contributed by atoms with Crippen LogP contribution in [-0.4, -0.2) is 26.3 Å². The smallest absolute Gasteiger partial charge is 0.272 e. The van der Waals surface area contributed by atoms with Gasteiger partial charge in [0.15, 0.2) is 0 Å². The zero-order chi connectivity index (χ0) is 19.4. The van der Waals surface area contributed by atoms with Crippen molar-refractivity contribution in [3.63, 3.8) is 0 Å². The molecule has 0 aliphatic heterocycles. The summed E-state index contributed by atoms with van der Waals surface area (Å²) in [5, 5.41) is 6.64. The van der Waals surface area contributed by atoms with Gasteiger partial charge in [0.25, 0.3) is 5.91 Å². The fourth-order valence-electron chi connectivity index (χ4n) is 2.63. The van der Waals surface area contributed by atoms with Crippen LogP contribution in [-0.2, 0) is 0 Å². The topological polar surface area (TPSA) is 59.9 Å². The second-order valence-corrected chi connectivity index (χ2v) is 6.44. The highest BCUT2D eigenvalue weighted by atomic mass is 35.5. The molecule has 0 bridgehead atoms. The fourth-order valence-corrected chi connectivity index (χ4v) is 3.12. The van der Waals surface area contributed by atoms with E-state index >= 15 is 0 Å². The minimum atomic E-state index is -0.440. The van der Waals surface area contributed by atoms with Crippen molar-refractivity contribution in [3.8, 4) is 11.5 Å². The zero-order valence-corrected chi connectivity index (χ0v) is 16.1. The van der Waals surface area contributed by atoms with E-state index in [1.165, 1.54) is 12.3 Å². The third-order valence-corrected chi connectivity index (χ3v) is 4.53. The Morgan fingerprint density at radius 3 is 2.52 bits per heavy atom. The Bertz CT molecular complexity index is 1030. The third-order valence-electron chi connectivity index (χ3n) is 3.99. The number of nitrogens with one attached hydrogen (secondary N) is 1. The summed E-state index contributed by atoms with van der Waals surface area (Å²) < 4.78 is 10.7. The van der Waals surface area contributed by atoms with E-state index in [-0.39, 0.29) is 10.6 Å². The SMILES string of the molecule is COc1ccc2ccc(OC)c(/C=N\NC(=O)c3ccc(Cl)cc3Cl)c2c1. The largest absolute Gasteiger partial charge is 0.497 e. The molecule has 0 saturated carbocycles. The predicted molar refractivity (Wildman–Crippen MR) is 109 cm³/mol. The molecule has 0 aromatic heterocycles. The number of halogens is 2. The van der Waals surface area contributed by atoms with E-state index < -0.39 is 5.91 Å². The Morgan fingerprint density at radius 1 is 1.04 bits per heavy atom.